The van der Waals surface area contributed by atoms with Crippen molar-refractivity contribution in [2.75, 3.05) is 41.0 Å². The van der Waals surface area contributed by atoms with Crippen LogP contribution in [-0.2, 0) is 27.1 Å². The normalized spacial score (nSPS) is 19.3. The zero-order valence-corrected chi connectivity index (χ0v) is 22.3. The molecule has 0 heterocycles. The summed E-state index contributed by atoms with van der Waals surface area (Å²) >= 11 is 0. The molecular weight excluding hydrogens is 469 g/mol. The fourth-order valence-electron chi connectivity index (χ4n) is 5.27. The van der Waals surface area contributed by atoms with Gasteiger partial charge in [0.1, 0.15) is 23.8 Å². The lowest BCUT2D eigenvalue weighted by Crippen LogP contribution is -2.49. The van der Waals surface area contributed by atoms with Crippen LogP contribution in [0.25, 0.3) is 0 Å². The molecule has 194 valence electrons. The standard InChI is InChI=1S/C28H38FNO4.ClH/c1-20(2)27-25-11-8-23(29)18-22(25)12-14-28(27,34-26(31)19-32-4)15-17-30(3)16-13-21-6-9-24(33-5)10-7-21;/h6-11,18,20,27H,12-17,19H2,1-5H3;1H/t27-,28-;/m1./s1. The second kappa shape index (κ2) is 13.2. The summed E-state index contributed by atoms with van der Waals surface area (Å²) in [5, 5.41) is 0. The van der Waals surface area contributed by atoms with Crippen LogP contribution >= 0.6 is 12.4 Å². The van der Waals surface area contributed by atoms with Crippen molar-refractivity contribution in [3.8, 4) is 5.75 Å². The molecule has 3 rings (SSSR count). The van der Waals surface area contributed by atoms with E-state index in [0.29, 0.717) is 19.3 Å². The molecule has 0 saturated heterocycles. The lowest BCUT2D eigenvalue weighted by molar-refractivity contribution is -0.172. The topological polar surface area (TPSA) is 48.0 Å². The zero-order valence-electron chi connectivity index (χ0n) is 21.5. The van der Waals surface area contributed by atoms with E-state index in [0.717, 1.165) is 36.4 Å². The lowest BCUT2D eigenvalue weighted by Gasteiger charge is -2.47. The first kappa shape index (κ1) is 29.1. The highest BCUT2D eigenvalue weighted by molar-refractivity contribution is 5.85. The summed E-state index contributed by atoms with van der Waals surface area (Å²) in [5.41, 5.74) is 2.71. The van der Waals surface area contributed by atoms with Gasteiger partial charge in [-0.05, 0) is 73.2 Å². The van der Waals surface area contributed by atoms with E-state index in [1.807, 2.05) is 18.2 Å². The maximum atomic E-state index is 13.9. The van der Waals surface area contributed by atoms with Crippen molar-refractivity contribution in [1.82, 2.24) is 4.90 Å². The Labute approximate surface area is 215 Å². The van der Waals surface area contributed by atoms with Gasteiger partial charge in [0.15, 0.2) is 0 Å². The minimum absolute atomic E-state index is 0. The van der Waals surface area contributed by atoms with Gasteiger partial charge in [0.25, 0.3) is 0 Å². The number of fused-ring (bicyclic) bond motifs is 1. The molecule has 35 heavy (non-hydrogen) atoms. The molecule has 1 aliphatic rings. The van der Waals surface area contributed by atoms with Crippen LogP contribution in [0.2, 0.25) is 0 Å². The Kier molecular flexibility index (Phi) is 11.0. The average molecular weight is 508 g/mol. The highest BCUT2D eigenvalue weighted by Crippen LogP contribution is 2.48. The second-order valence-corrected chi connectivity index (χ2v) is 9.69. The molecule has 0 aliphatic heterocycles. The molecule has 0 spiro atoms. The van der Waals surface area contributed by atoms with E-state index in [-0.39, 0.29) is 42.6 Å². The van der Waals surface area contributed by atoms with Gasteiger partial charge in [0, 0.05) is 32.5 Å². The Morgan fingerprint density at radius 2 is 1.86 bits per heavy atom. The minimum Gasteiger partial charge on any atom is -0.497 e. The third-order valence-corrected chi connectivity index (χ3v) is 6.93. The summed E-state index contributed by atoms with van der Waals surface area (Å²) in [6.45, 7) is 5.90. The molecule has 0 amide bonds. The molecule has 2 aromatic rings. The van der Waals surface area contributed by atoms with Gasteiger partial charge in [-0.3, -0.25) is 0 Å². The van der Waals surface area contributed by atoms with E-state index in [1.54, 1.807) is 13.2 Å². The monoisotopic (exact) mass is 507 g/mol. The summed E-state index contributed by atoms with van der Waals surface area (Å²) < 4.78 is 30.4. The maximum Gasteiger partial charge on any atom is 0.332 e. The molecule has 0 fully saturated rings. The fraction of sp³-hybridized carbons (Fsp3) is 0.536. The number of nitrogens with zero attached hydrogens (tertiary/aromatic N) is 1. The van der Waals surface area contributed by atoms with Crippen molar-refractivity contribution < 1.29 is 23.4 Å². The van der Waals surface area contributed by atoms with Crippen molar-refractivity contribution in [2.45, 2.75) is 51.0 Å². The number of hydrogen-bond donors (Lipinski definition) is 0. The van der Waals surface area contributed by atoms with Gasteiger partial charge in [-0.1, -0.05) is 32.0 Å². The molecule has 2 aromatic carbocycles. The first-order valence-corrected chi connectivity index (χ1v) is 12.1. The van der Waals surface area contributed by atoms with Crippen LogP contribution in [0.1, 0.15) is 49.3 Å². The highest BCUT2D eigenvalue weighted by Gasteiger charge is 2.47. The van der Waals surface area contributed by atoms with Gasteiger partial charge < -0.3 is 19.1 Å². The smallest absolute Gasteiger partial charge is 0.332 e. The van der Waals surface area contributed by atoms with Crippen LogP contribution in [-0.4, -0.2) is 57.4 Å². The van der Waals surface area contributed by atoms with Crippen molar-refractivity contribution >= 4 is 18.4 Å². The molecule has 0 unspecified atom stereocenters. The Morgan fingerprint density at radius 1 is 1.14 bits per heavy atom. The first-order valence-electron chi connectivity index (χ1n) is 12.1. The number of likely N-dealkylation sites (N-methyl/N-ethyl adjacent to an activating group) is 1. The zero-order chi connectivity index (χ0) is 24.7. The third kappa shape index (κ3) is 7.42. The first-order chi connectivity index (χ1) is 16.3. The molecule has 0 bridgehead atoms. The molecule has 5 nitrogen and oxygen atoms in total. The summed E-state index contributed by atoms with van der Waals surface area (Å²) in [4.78, 5) is 14.9. The van der Waals surface area contributed by atoms with Gasteiger partial charge in [-0.25, -0.2) is 9.18 Å². The number of aryl methyl sites for hydroxylation is 1. The molecule has 0 radical (unpaired) electrons. The fourth-order valence-corrected chi connectivity index (χ4v) is 5.27. The molecule has 0 N–H and O–H groups in total. The van der Waals surface area contributed by atoms with E-state index in [4.69, 9.17) is 14.2 Å². The predicted molar refractivity (Wildman–Crippen MR) is 139 cm³/mol. The van der Waals surface area contributed by atoms with Crippen LogP contribution < -0.4 is 4.74 Å². The Morgan fingerprint density at radius 3 is 2.49 bits per heavy atom. The van der Waals surface area contributed by atoms with Crippen molar-refractivity contribution in [3.63, 3.8) is 0 Å². The number of rotatable bonds is 11. The summed E-state index contributed by atoms with van der Waals surface area (Å²) in [5.74, 6) is 0.509. The highest BCUT2D eigenvalue weighted by atomic mass is 35.5. The number of benzene rings is 2. The Bertz CT molecular complexity index is 952. The average Bonchev–Trinajstić information content (AvgIpc) is 2.81. The van der Waals surface area contributed by atoms with Crippen LogP contribution in [0.3, 0.4) is 0 Å². The van der Waals surface area contributed by atoms with Gasteiger partial charge in [0.05, 0.1) is 7.11 Å². The number of carbonyl (C=O) groups is 1. The van der Waals surface area contributed by atoms with Crippen molar-refractivity contribution in [1.29, 1.82) is 0 Å². The molecule has 0 saturated carbocycles. The van der Waals surface area contributed by atoms with Crippen LogP contribution in [0.15, 0.2) is 42.5 Å². The van der Waals surface area contributed by atoms with Gasteiger partial charge in [-0.2, -0.15) is 0 Å². The van der Waals surface area contributed by atoms with Crippen LogP contribution in [0.5, 0.6) is 5.75 Å². The van der Waals surface area contributed by atoms with E-state index >= 15 is 0 Å². The maximum absolute atomic E-state index is 13.9. The summed E-state index contributed by atoms with van der Waals surface area (Å²) in [6.07, 6.45) is 2.99. The van der Waals surface area contributed by atoms with E-state index in [2.05, 4.69) is 37.9 Å². The largest absolute Gasteiger partial charge is 0.497 e. The molecule has 0 aromatic heterocycles. The van der Waals surface area contributed by atoms with Crippen molar-refractivity contribution in [3.05, 3.63) is 65.0 Å². The second-order valence-electron chi connectivity index (χ2n) is 9.69. The molecular formula is C28H39ClFNO4. The SMILES string of the molecule is COCC(=O)O[C@@]1(CCN(C)CCc2ccc(OC)cc2)CCc2cc(F)ccc2[C@H]1C(C)C.Cl. The van der Waals surface area contributed by atoms with E-state index in [9.17, 15) is 9.18 Å². The number of ether oxygens (including phenoxy) is 3. The number of esters is 1. The van der Waals surface area contributed by atoms with Crippen LogP contribution in [0, 0.1) is 11.7 Å². The van der Waals surface area contributed by atoms with Gasteiger partial charge in [-0.15, -0.1) is 12.4 Å². The molecule has 2 atom stereocenters. The Hall–Kier alpha value is -2.15. The third-order valence-electron chi connectivity index (χ3n) is 6.93. The number of carbonyl (C=O) groups excluding carboxylic acids is 1. The van der Waals surface area contributed by atoms with Gasteiger partial charge in [0.2, 0.25) is 0 Å². The predicted octanol–water partition coefficient (Wildman–Crippen LogP) is 5.43. The number of halogens is 2. The van der Waals surface area contributed by atoms with Crippen LogP contribution in [0.4, 0.5) is 4.39 Å². The summed E-state index contributed by atoms with van der Waals surface area (Å²) in [7, 11) is 5.27. The van der Waals surface area contributed by atoms with E-state index in [1.165, 1.54) is 18.7 Å². The van der Waals surface area contributed by atoms with Gasteiger partial charge >= 0.3 is 5.97 Å². The van der Waals surface area contributed by atoms with Crippen molar-refractivity contribution in [2.24, 2.45) is 5.92 Å². The number of methoxy groups -OCH3 is 2. The quantitative estimate of drug-likeness (QED) is 0.379. The summed E-state index contributed by atoms with van der Waals surface area (Å²) in [6, 6.07) is 13.2. The van der Waals surface area contributed by atoms with E-state index < -0.39 is 5.60 Å². The Balaban J connectivity index is 0.00000432. The minimum atomic E-state index is -0.650. The lowest BCUT2D eigenvalue weighted by atomic mass is 9.65. The molecule has 1 aliphatic carbocycles. The number of hydrogen-bond acceptors (Lipinski definition) is 5. The molecule has 7 heteroatoms.